The van der Waals surface area contributed by atoms with Gasteiger partial charge in [-0.25, -0.2) is 0 Å². The summed E-state index contributed by atoms with van der Waals surface area (Å²) in [6, 6.07) is 11.6. The first kappa shape index (κ1) is 14.5. The third-order valence-corrected chi connectivity index (χ3v) is 6.20. The van der Waals surface area contributed by atoms with Crippen molar-refractivity contribution < 1.29 is 4.79 Å². The first-order chi connectivity index (χ1) is 10.3. The van der Waals surface area contributed by atoms with Crippen molar-refractivity contribution in [2.45, 2.75) is 11.0 Å². The van der Waals surface area contributed by atoms with Crippen molar-refractivity contribution in [3.8, 4) is 0 Å². The largest absolute Gasteiger partial charge is 0.322 e. The Morgan fingerprint density at radius 2 is 1.90 bits per heavy atom. The smallest absolute Gasteiger partial charge is 0.255 e. The van der Waals surface area contributed by atoms with E-state index >= 15 is 0 Å². The predicted molar refractivity (Wildman–Crippen MR) is 90.9 cm³/mol. The van der Waals surface area contributed by atoms with Gasteiger partial charge in [-0.1, -0.05) is 12.1 Å². The number of nitrogens with zero attached hydrogens (tertiary/aromatic N) is 1. The zero-order chi connectivity index (χ0) is 14.5. The number of pyridine rings is 1. The fourth-order valence-corrected chi connectivity index (χ4v) is 5.02. The number of amides is 1. The highest BCUT2D eigenvalue weighted by atomic mass is 32.2. The molecule has 1 fully saturated rings. The molecule has 1 aromatic heterocycles. The summed E-state index contributed by atoms with van der Waals surface area (Å²) >= 11 is 3.96. The SMILES string of the molecule is O=C(Nc1cccc(C2SCCCS2)c1)c1ccncc1. The van der Waals surface area contributed by atoms with Crippen LogP contribution in [0, 0.1) is 0 Å². The van der Waals surface area contributed by atoms with Crippen molar-refractivity contribution >= 4 is 35.1 Å². The number of hydrogen-bond acceptors (Lipinski definition) is 4. The van der Waals surface area contributed by atoms with Crippen molar-refractivity contribution in [2.75, 3.05) is 16.8 Å². The molecule has 0 radical (unpaired) electrons. The Hall–Kier alpha value is -1.46. The van der Waals surface area contributed by atoms with Gasteiger partial charge in [0.15, 0.2) is 0 Å². The maximum Gasteiger partial charge on any atom is 0.255 e. The molecule has 108 valence electrons. The van der Waals surface area contributed by atoms with Crippen molar-refractivity contribution in [3.63, 3.8) is 0 Å². The molecule has 0 unspecified atom stereocenters. The molecule has 1 aliphatic rings. The molecular weight excluding hydrogens is 300 g/mol. The van der Waals surface area contributed by atoms with Crippen molar-refractivity contribution in [3.05, 3.63) is 59.9 Å². The van der Waals surface area contributed by atoms with Crippen molar-refractivity contribution in [1.29, 1.82) is 0 Å². The Morgan fingerprint density at radius 3 is 2.67 bits per heavy atom. The quantitative estimate of drug-likeness (QED) is 0.921. The van der Waals surface area contributed by atoms with E-state index in [0.29, 0.717) is 10.1 Å². The van der Waals surface area contributed by atoms with Crippen LogP contribution in [0.1, 0.15) is 26.9 Å². The highest BCUT2D eigenvalue weighted by molar-refractivity contribution is 8.16. The van der Waals surface area contributed by atoms with Gasteiger partial charge in [0.1, 0.15) is 0 Å². The standard InChI is InChI=1S/C16H16N2OS2/c19-15(12-5-7-17-8-6-12)18-14-4-1-3-13(11-14)16-20-9-2-10-21-16/h1,3-8,11,16H,2,9-10H2,(H,18,19). The van der Waals surface area contributed by atoms with Gasteiger partial charge in [0.05, 0.1) is 4.58 Å². The zero-order valence-electron chi connectivity index (χ0n) is 11.5. The van der Waals surface area contributed by atoms with Crippen LogP contribution in [-0.4, -0.2) is 22.4 Å². The molecule has 1 amide bonds. The van der Waals surface area contributed by atoms with Crippen molar-refractivity contribution in [2.24, 2.45) is 0 Å². The molecule has 1 aliphatic heterocycles. The van der Waals surface area contributed by atoms with Crippen molar-refractivity contribution in [1.82, 2.24) is 4.98 Å². The molecule has 1 saturated heterocycles. The van der Waals surface area contributed by atoms with Gasteiger partial charge in [-0.05, 0) is 47.8 Å². The minimum Gasteiger partial charge on any atom is -0.322 e. The van der Waals surface area contributed by atoms with Gasteiger partial charge in [-0.15, -0.1) is 23.5 Å². The third-order valence-electron chi connectivity index (χ3n) is 3.19. The van der Waals surface area contributed by atoms with E-state index in [1.807, 2.05) is 35.7 Å². The average molecular weight is 316 g/mol. The van der Waals surface area contributed by atoms with Gasteiger partial charge in [0.25, 0.3) is 5.91 Å². The monoisotopic (exact) mass is 316 g/mol. The normalized spacial score (nSPS) is 15.6. The van der Waals surface area contributed by atoms with Crippen LogP contribution >= 0.6 is 23.5 Å². The third kappa shape index (κ3) is 3.80. The first-order valence-electron chi connectivity index (χ1n) is 6.87. The lowest BCUT2D eigenvalue weighted by molar-refractivity contribution is 0.102. The van der Waals surface area contributed by atoms with Crippen LogP contribution in [0.3, 0.4) is 0 Å². The summed E-state index contributed by atoms with van der Waals surface area (Å²) < 4.78 is 0.483. The molecule has 0 spiro atoms. The Morgan fingerprint density at radius 1 is 1.14 bits per heavy atom. The number of rotatable bonds is 3. The summed E-state index contributed by atoms with van der Waals surface area (Å²) in [5.74, 6) is 2.33. The highest BCUT2D eigenvalue weighted by Crippen LogP contribution is 2.44. The van der Waals surface area contributed by atoms with Crippen LogP contribution in [0.15, 0.2) is 48.8 Å². The van der Waals surface area contributed by atoms with Gasteiger partial charge in [0, 0.05) is 23.6 Å². The number of benzene rings is 1. The van der Waals surface area contributed by atoms with E-state index in [2.05, 4.69) is 22.4 Å². The minimum absolute atomic E-state index is 0.0986. The molecule has 21 heavy (non-hydrogen) atoms. The van der Waals surface area contributed by atoms with Gasteiger partial charge < -0.3 is 5.32 Å². The Labute approximate surface area is 132 Å². The lowest BCUT2D eigenvalue weighted by Crippen LogP contribution is -2.12. The van der Waals surface area contributed by atoms with Crippen LogP contribution in [0.5, 0.6) is 0 Å². The van der Waals surface area contributed by atoms with Gasteiger partial charge in [0.2, 0.25) is 0 Å². The maximum absolute atomic E-state index is 12.2. The zero-order valence-corrected chi connectivity index (χ0v) is 13.1. The molecule has 0 saturated carbocycles. The number of carbonyl (C=O) groups is 1. The lowest BCUT2D eigenvalue weighted by Gasteiger charge is -2.21. The second-order valence-corrected chi connectivity index (χ2v) is 7.47. The number of nitrogens with one attached hydrogen (secondary N) is 1. The van der Waals surface area contributed by atoms with Crippen LogP contribution in [-0.2, 0) is 0 Å². The van der Waals surface area contributed by atoms with E-state index in [9.17, 15) is 4.79 Å². The van der Waals surface area contributed by atoms with Crippen LogP contribution in [0.4, 0.5) is 5.69 Å². The Kier molecular flexibility index (Phi) is 4.83. The van der Waals surface area contributed by atoms with E-state index in [-0.39, 0.29) is 5.91 Å². The minimum atomic E-state index is -0.0986. The van der Waals surface area contributed by atoms with Crippen LogP contribution in [0.25, 0.3) is 0 Å². The number of anilines is 1. The summed E-state index contributed by atoms with van der Waals surface area (Å²) in [5.41, 5.74) is 2.75. The molecule has 0 bridgehead atoms. The number of hydrogen-bond donors (Lipinski definition) is 1. The van der Waals surface area contributed by atoms with Gasteiger partial charge in [-0.3, -0.25) is 9.78 Å². The average Bonchev–Trinajstić information content (AvgIpc) is 2.57. The van der Waals surface area contributed by atoms with Gasteiger partial charge >= 0.3 is 0 Å². The van der Waals surface area contributed by atoms with Gasteiger partial charge in [-0.2, -0.15) is 0 Å². The first-order valence-corrected chi connectivity index (χ1v) is 8.97. The molecule has 0 aliphatic carbocycles. The molecular formula is C16H16N2OS2. The molecule has 3 nitrogen and oxygen atoms in total. The Balaban J connectivity index is 1.72. The van der Waals surface area contributed by atoms with E-state index in [0.717, 1.165) is 5.69 Å². The van der Waals surface area contributed by atoms with E-state index in [4.69, 9.17) is 0 Å². The molecule has 0 atom stereocenters. The second kappa shape index (κ2) is 7.00. The summed E-state index contributed by atoms with van der Waals surface area (Å²) in [7, 11) is 0. The number of carbonyl (C=O) groups excluding carboxylic acids is 1. The summed E-state index contributed by atoms with van der Waals surface area (Å²) in [6.07, 6.45) is 4.53. The predicted octanol–water partition coefficient (Wildman–Crippen LogP) is 4.20. The summed E-state index contributed by atoms with van der Waals surface area (Å²) in [4.78, 5) is 16.1. The number of aromatic nitrogens is 1. The van der Waals surface area contributed by atoms with Crippen LogP contribution in [0.2, 0.25) is 0 Å². The lowest BCUT2D eigenvalue weighted by atomic mass is 10.2. The fourth-order valence-electron chi connectivity index (χ4n) is 2.15. The van der Waals surface area contributed by atoms with E-state index in [1.165, 1.54) is 23.5 Å². The molecule has 3 rings (SSSR count). The van der Waals surface area contributed by atoms with Crippen LogP contribution < -0.4 is 5.32 Å². The summed E-state index contributed by atoms with van der Waals surface area (Å²) in [5, 5.41) is 2.95. The fraction of sp³-hybridized carbons (Fsp3) is 0.250. The second-order valence-electron chi connectivity index (χ2n) is 4.74. The van der Waals surface area contributed by atoms with E-state index < -0.39 is 0 Å². The van der Waals surface area contributed by atoms with E-state index in [1.54, 1.807) is 24.5 Å². The highest BCUT2D eigenvalue weighted by Gasteiger charge is 2.17. The molecule has 1 aromatic carbocycles. The number of thioether (sulfide) groups is 2. The molecule has 2 heterocycles. The summed E-state index contributed by atoms with van der Waals surface area (Å²) in [6.45, 7) is 0. The molecule has 2 aromatic rings. The topological polar surface area (TPSA) is 42.0 Å². The molecule has 1 N–H and O–H groups in total. The maximum atomic E-state index is 12.2. The Bertz CT molecular complexity index is 613. The molecule has 5 heteroatoms.